The predicted octanol–water partition coefficient (Wildman–Crippen LogP) is 3.49. The number of amides is 1. The highest BCUT2D eigenvalue weighted by molar-refractivity contribution is 5.95. The van der Waals surface area contributed by atoms with Crippen molar-refractivity contribution >= 4 is 11.6 Å². The van der Waals surface area contributed by atoms with Gasteiger partial charge in [0.1, 0.15) is 5.75 Å². The summed E-state index contributed by atoms with van der Waals surface area (Å²) >= 11 is 0. The lowest BCUT2D eigenvalue weighted by atomic mass is 9.86. The Balaban J connectivity index is 2.21. The number of hydrogen-bond acceptors (Lipinski definition) is 3. The Morgan fingerprint density at radius 3 is 2.86 bits per heavy atom. The molecule has 1 aliphatic rings. The Hall–Kier alpha value is -1.55. The number of fused-ring (bicyclic) bond motifs is 1. The van der Waals surface area contributed by atoms with Crippen molar-refractivity contribution in [2.45, 2.75) is 45.6 Å². The van der Waals surface area contributed by atoms with Crippen LogP contribution in [-0.2, 0) is 4.79 Å². The summed E-state index contributed by atoms with van der Waals surface area (Å²) in [6.45, 7) is 4.58. The van der Waals surface area contributed by atoms with Crippen LogP contribution in [0.2, 0.25) is 0 Å². The van der Waals surface area contributed by atoms with Crippen LogP contribution in [0.5, 0.6) is 5.75 Å². The summed E-state index contributed by atoms with van der Waals surface area (Å²) in [6.07, 6.45) is 4.84. The maximum atomic E-state index is 11.5. The lowest BCUT2D eigenvalue weighted by molar-refractivity contribution is -0.118. The second-order valence-electron chi connectivity index (χ2n) is 5.67. The van der Waals surface area contributed by atoms with Crippen LogP contribution in [-0.4, -0.2) is 19.6 Å². The average Bonchev–Trinajstić information content (AvgIpc) is 2.50. The molecule has 2 N–H and O–H groups in total. The minimum absolute atomic E-state index is 0.0846. The summed E-state index contributed by atoms with van der Waals surface area (Å²) in [5.41, 5.74) is 2.00. The number of benzene rings is 1. The standard InChI is InChI=1S/C17H26N2O2/c1-4-6-7-12(5-2)17(18-3)13-8-9-15-14(10-13)19-16(20)11-21-15/h8-10,12,17-18H,4-7,11H2,1-3H3,(H,19,20). The van der Waals surface area contributed by atoms with Gasteiger partial charge in [-0.3, -0.25) is 4.79 Å². The van der Waals surface area contributed by atoms with E-state index in [9.17, 15) is 4.79 Å². The van der Waals surface area contributed by atoms with E-state index in [-0.39, 0.29) is 12.5 Å². The molecule has 0 radical (unpaired) electrons. The topological polar surface area (TPSA) is 50.4 Å². The second kappa shape index (κ2) is 7.46. The number of unbranched alkanes of at least 4 members (excludes halogenated alkanes) is 1. The molecule has 0 fully saturated rings. The first-order valence-electron chi connectivity index (χ1n) is 7.93. The maximum Gasteiger partial charge on any atom is 0.262 e. The summed E-state index contributed by atoms with van der Waals surface area (Å²) in [6, 6.07) is 6.42. The summed E-state index contributed by atoms with van der Waals surface area (Å²) in [7, 11) is 2.01. The predicted molar refractivity (Wildman–Crippen MR) is 85.7 cm³/mol. The molecule has 116 valence electrons. The molecular formula is C17H26N2O2. The van der Waals surface area contributed by atoms with E-state index < -0.39 is 0 Å². The number of hydrogen-bond donors (Lipinski definition) is 2. The summed E-state index contributed by atoms with van der Waals surface area (Å²) < 4.78 is 5.42. The molecule has 0 spiro atoms. The Labute approximate surface area is 127 Å². The molecule has 0 saturated heterocycles. The minimum Gasteiger partial charge on any atom is -0.482 e. The molecule has 1 amide bonds. The fourth-order valence-corrected chi connectivity index (χ4v) is 3.04. The third-order valence-corrected chi connectivity index (χ3v) is 4.23. The van der Waals surface area contributed by atoms with Gasteiger partial charge in [0, 0.05) is 6.04 Å². The van der Waals surface area contributed by atoms with Crippen LogP contribution in [0.4, 0.5) is 5.69 Å². The number of carbonyl (C=O) groups is 1. The van der Waals surface area contributed by atoms with Crippen molar-refractivity contribution in [3.8, 4) is 5.75 Å². The second-order valence-corrected chi connectivity index (χ2v) is 5.67. The van der Waals surface area contributed by atoms with Crippen molar-refractivity contribution in [1.29, 1.82) is 0 Å². The third kappa shape index (κ3) is 3.76. The van der Waals surface area contributed by atoms with Crippen LogP contribution in [0.1, 0.15) is 51.1 Å². The van der Waals surface area contributed by atoms with E-state index in [0.29, 0.717) is 12.0 Å². The molecule has 1 aromatic rings. The van der Waals surface area contributed by atoms with Gasteiger partial charge in [0.15, 0.2) is 6.61 Å². The minimum atomic E-state index is -0.0846. The van der Waals surface area contributed by atoms with E-state index in [0.717, 1.165) is 17.9 Å². The summed E-state index contributed by atoms with van der Waals surface area (Å²) in [4.78, 5) is 11.5. The van der Waals surface area contributed by atoms with Crippen molar-refractivity contribution in [1.82, 2.24) is 5.32 Å². The molecular weight excluding hydrogens is 264 g/mol. The molecule has 4 heteroatoms. The Morgan fingerprint density at radius 2 is 2.19 bits per heavy atom. The van der Waals surface area contributed by atoms with Gasteiger partial charge in [0.2, 0.25) is 0 Å². The SMILES string of the molecule is CCCCC(CC)C(NC)c1ccc2c(c1)NC(=O)CO2. The quantitative estimate of drug-likeness (QED) is 0.808. The van der Waals surface area contributed by atoms with Crippen LogP contribution in [0.25, 0.3) is 0 Å². The van der Waals surface area contributed by atoms with Crippen LogP contribution in [0, 0.1) is 5.92 Å². The van der Waals surface area contributed by atoms with Crippen LogP contribution >= 0.6 is 0 Å². The molecule has 0 saturated carbocycles. The fourth-order valence-electron chi connectivity index (χ4n) is 3.04. The molecule has 1 heterocycles. The molecule has 2 unspecified atom stereocenters. The van der Waals surface area contributed by atoms with Gasteiger partial charge in [-0.2, -0.15) is 0 Å². The molecule has 0 aliphatic carbocycles. The summed E-state index contributed by atoms with van der Waals surface area (Å²) in [5, 5.41) is 6.33. The van der Waals surface area contributed by atoms with Gasteiger partial charge in [0.05, 0.1) is 5.69 Å². The first-order chi connectivity index (χ1) is 10.2. The highest BCUT2D eigenvalue weighted by Gasteiger charge is 2.23. The van der Waals surface area contributed by atoms with E-state index in [1.165, 1.54) is 24.8 Å². The monoisotopic (exact) mass is 290 g/mol. The molecule has 2 atom stereocenters. The van der Waals surface area contributed by atoms with Gasteiger partial charge in [-0.1, -0.05) is 39.2 Å². The highest BCUT2D eigenvalue weighted by Crippen LogP contribution is 2.34. The molecule has 4 nitrogen and oxygen atoms in total. The van der Waals surface area contributed by atoms with Gasteiger partial charge >= 0.3 is 0 Å². The van der Waals surface area contributed by atoms with Gasteiger partial charge < -0.3 is 15.4 Å². The van der Waals surface area contributed by atoms with E-state index in [4.69, 9.17) is 4.74 Å². The Bertz CT molecular complexity index is 488. The molecule has 0 bridgehead atoms. The molecule has 21 heavy (non-hydrogen) atoms. The smallest absolute Gasteiger partial charge is 0.262 e. The maximum absolute atomic E-state index is 11.5. The van der Waals surface area contributed by atoms with Crippen LogP contribution in [0.15, 0.2) is 18.2 Å². The van der Waals surface area contributed by atoms with E-state index in [1.807, 2.05) is 19.2 Å². The van der Waals surface area contributed by atoms with Crippen molar-refractivity contribution in [3.05, 3.63) is 23.8 Å². The van der Waals surface area contributed by atoms with Crippen molar-refractivity contribution in [3.63, 3.8) is 0 Å². The lowest BCUT2D eigenvalue weighted by Crippen LogP contribution is -2.27. The van der Waals surface area contributed by atoms with Gasteiger partial charge in [0.25, 0.3) is 5.91 Å². The number of nitrogens with one attached hydrogen (secondary N) is 2. The van der Waals surface area contributed by atoms with Gasteiger partial charge in [-0.25, -0.2) is 0 Å². The first kappa shape index (κ1) is 15.8. The largest absolute Gasteiger partial charge is 0.482 e. The number of ether oxygens (including phenoxy) is 1. The summed E-state index contributed by atoms with van der Waals surface area (Å²) in [5.74, 6) is 1.28. The number of rotatable bonds is 7. The third-order valence-electron chi connectivity index (χ3n) is 4.23. The average molecular weight is 290 g/mol. The highest BCUT2D eigenvalue weighted by atomic mass is 16.5. The van der Waals surface area contributed by atoms with E-state index in [2.05, 4.69) is 30.5 Å². The van der Waals surface area contributed by atoms with Crippen molar-refractivity contribution in [2.75, 3.05) is 19.0 Å². The van der Waals surface area contributed by atoms with Crippen LogP contribution in [0.3, 0.4) is 0 Å². The van der Waals surface area contributed by atoms with Crippen molar-refractivity contribution in [2.24, 2.45) is 5.92 Å². The fraction of sp³-hybridized carbons (Fsp3) is 0.588. The van der Waals surface area contributed by atoms with Crippen LogP contribution < -0.4 is 15.4 Å². The molecule has 0 aromatic heterocycles. The first-order valence-corrected chi connectivity index (χ1v) is 7.93. The van der Waals surface area contributed by atoms with E-state index >= 15 is 0 Å². The molecule has 2 rings (SSSR count). The zero-order chi connectivity index (χ0) is 15.2. The normalized spacial score (nSPS) is 16.6. The van der Waals surface area contributed by atoms with E-state index in [1.54, 1.807) is 0 Å². The lowest BCUT2D eigenvalue weighted by Gasteiger charge is -2.28. The zero-order valence-corrected chi connectivity index (χ0v) is 13.2. The molecule has 1 aromatic carbocycles. The zero-order valence-electron chi connectivity index (χ0n) is 13.2. The number of anilines is 1. The number of carbonyl (C=O) groups excluding carboxylic acids is 1. The molecule has 1 aliphatic heterocycles. The van der Waals surface area contributed by atoms with Crippen molar-refractivity contribution < 1.29 is 9.53 Å². The Morgan fingerprint density at radius 1 is 1.38 bits per heavy atom. The van der Waals surface area contributed by atoms with Gasteiger partial charge in [-0.05, 0) is 37.1 Å². The van der Waals surface area contributed by atoms with Gasteiger partial charge in [-0.15, -0.1) is 0 Å². The Kier molecular flexibility index (Phi) is 5.62.